The summed E-state index contributed by atoms with van der Waals surface area (Å²) in [5.41, 5.74) is 2.25. The van der Waals surface area contributed by atoms with Gasteiger partial charge in [-0.3, -0.25) is 14.4 Å². The van der Waals surface area contributed by atoms with Gasteiger partial charge in [-0.05, 0) is 41.8 Å². The lowest BCUT2D eigenvalue weighted by atomic mass is 10.1. The van der Waals surface area contributed by atoms with Crippen molar-refractivity contribution in [3.63, 3.8) is 0 Å². The predicted molar refractivity (Wildman–Crippen MR) is 182 cm³/mol. The number of rotatable bonds is 5. The Bertz CT molecular complexity index is 1800. The first-order valence-electron chi connectivity index (χ1n) is 16.2. The molecular weight excluding hydrogens is 650 g/mol. The fourth-order valence-electron chi connectivity index (χ4n) is 5.82. The van der Waals surface area contributed by atoms with E-state index in [0.717, 1.165) is 11.1 Å². The Labute approximate surface area is 289 Å². The molecule has 2 aliphatic heterocycles. The van der Waals surface area contributed by atoms with E-state index in [9.17, 15) is 14.4 Å². The van der Waals surface area contributed by atoms with Gasteiger partial charge in [0, 0.05) is 55.1 Å². The minimum atomic E-state index is -0.868. The van der Waals surface area contributed by atoms with Crippen molar-refractivity contribution in [1.82, 2.24) is 25.1 Å². The number of carbonyl (C=O) groups excluding carboxylic acids is 3. The van der Waals surface area contributed by atoms with Crippen LogP contribution in [0.2, 0.25) is 5.02 Å². The number of nitrogens with one attached hydrogen (secondary N) is 2. The molecule has 0 saturated carbocycles. The Morgan fingerprint density at radius 3 is 2.55 bits per heavy atom. The molecule has 0 radical (unpaired) electrons. The monoisotopic (exact) mass is 687 g/mol. The van der Waals surface area contributed by atoms with Crippen molar-refractivity contribution >= 4 is 29.3 Å². The summed E-state index contributed by atoms with van der Waals surface area (Å²) in [6.45, 7) is 1.72. The Morgan fingerprint density at radius 2 is 1.76 bits per heavy atom. The maximum atomic E-state index is 13.8. The molecule has 49 heavy (non-hydrogen) atoms. The van der Waals surface area contributed by atoms with Crippen molar-refractivity contribution in [3.8, 4) is 34.4 Å². The molecule has 256 valence electrons. The van der Waals surface area contributed by atoms with Gasteiger partial charge in [-0.1, -0.05) is 41.9 Å². The standard InChI is InChI=1S/C36H38ClN5O7/c1-46-29-9-8-25-19-30(29)47-15-5-12-42(34(44)21-26-20-31-32(22-27(26)37)49-17-16-48-31)23-33(43)40-28(18-24-6-3-2-4-7-24)36(45)39-11-14-41-13-10-38-35(25)41/h2-4,6-10,13,19-20,22,28H,5,11-12,14-18,21,23H2,1H3,(H,39,45)(H,40,43)/t28-/m0/s1. The third kappa shape index (κ3) is 8.44. The molecule has 0 spiro atoms. The lowest BCUT2D eigenvalue weighted by Gasteiger charge is -2.25. The zero-order valence-corrected chi connectivity index (χ0v) is 27.9. The topological polar surface area (TPSA) is 133 Å². The molecule has 0 aliphatic carbocycles. The Morgan fingerprint density at radius 1 is 0.980 bits per heavy atom. The zero-order chi connectivity index (χ0) is 34.2. The number of hydrogen-bond donors (Lipinski definition) is 2. The Hall–Kier alpha value is -5.23. The van der Waals surface area contributed by atoms with Crippen molar-refractivity contribution < 1.29 is 33.3 Å². The third-order valence-corrected chi connectivity index (χ3v) is 8.65. The first-order chi connectivity index (χ1) is 23.9. The molecule has 1 atom stereocenters. The number of nitrogens with zero attached hydrogens (tertiary/aromatic N) is 3. The van der Waals surface area contributed by atoms with E-state index in [1.54, 1.807) is 25.4 Å². The zero-order valence-electron chi connectivity index (χ0n) is 27.2. The summed E-state index contributed by atoms with van der Waals surface area (Å²) in [5.74, 6) is 1.68. The van der Waals surface area contributed by atoms with Crippen LogP contribution in [0.1, 0.15) is 17.5 Å². The number of fused-ring (bicyclic) bond motifs is 5. The lowest BCUT2D eigenvalue weighted by molar-refractivity contribution is -0.136. The molecule has 0 fully saturated rings. The number of amides is 3. The molecular formula is C36H38ClN5O7. The largest absolute Gasteiger partial charge is 0.493 e. The highest BCUT2D eigenvalue weighted by molar-refractivity contribution is 6.31. The minimum Gasteiger partial charge on any atom is -0.493 e. The molecule has 2 N–H and O–H groups in total. The summed E-state index contributed by atoms with van der Waals surface area (Å²) in [4.78, 5) is 46.9. The van der Waals surface area contributed by atoms with E-state index < -0.39 is 11.9 Å². The van der Waals surface area contributed by atoms with Crippen molar-refractivity contribution in [2.45, 2.75) is 31.8 Å². The maximum absolute atomic E-state index is 13.8. The molecule has 2 bridgehead atoms. The molecule has 13 heteroatoms. The number of halogens is 1. The highest BCUT2D eigenvalue weighted by Crippen LogP contribution is 2.36. The summed E-state index contributed by atoms with van der Waals surface area (Å²) >= 11 is 6.54. The van der Waals surface area contributed by atoms with Crippen LogP contribution >= 0.6 is 11.6 Å². The fourth-order valence-corrected chi connectivity index (χ4v) is 6.04. The number of imidazole rings is 1. The molecule has 3 amide bonds. The molecule has 3 aromatic carbocycles. The van der Waals surface area contributed by atoms with Crippen LogP contribution in [0.25, 0.3) is 11.4 Å². The van der Waals surface area contributed by atoms with E-state index in [0.29, 0.717) is 72.1 Å². The van der Waals surface area contributed by atoms with Gasteiger partial charge in [-0.2, -0.15) is 0 Å². The lowest BCUT2D eigenvalue weighted by Crippen LogP contribution is -2.51. The first-order valence-corrected chi connectivity index (χ1v) is 16.5. The van der Waals surface area contributed by atoms with E-state index in [1.807, 2.05) is 59.3 Å². The van der Waals surface area contributed by atoms with E-state index in [4.69, 9.17) is 30.5 Å². The van der Waals surface area contributed by atoms with Crippen molar-refractivity contribution in [3.05, 3.63) is 89.2 Å². The van der Waals surface area contributed by atoms with E-state index in [1.165, 1.54) is 4.90 Å². The van der Waals surface area contributed by atoms with Gasteiger partial charge >= 0.3 is 0 Å². The second-order valence-corrected chi connectivity index (χ2v) is 12.1. The highest BCUT2D eigenvalue weighted by atomic mass is 35.5. The molecule has 3 heterocycles. The van der Waals surface area contributed by atoms with Gasteiger partial charge in [0.2, 0.25) is 17.7 Å². The fraction of sp³-hybridized carbons (Fsp3) is 0.333. The second-order valence-electron chi connectivity index (χ2n) is 11.7. The van der Waals surface area contributed by atoms with Crippen LogP contribution in [0.3, 0.4) is 0 Å². The molecule has 2 aliphatic rings. The molecule has 0 saturated heterocycles. The number of carbonyl (C=O) groups is 3. The molecule has 0 unspecified atom stereocenters. The average Bonchev–Trinajstić information content (AvgIpc) is 3.58. The number of methoxy groups -OCH3 is 1. The van der Waals surface area contributed by atoms with E-state index >= 15 is 0 Å². The average molecular weight is 688 g/mol. The Balaban J connectivity index is 1.26. The van der Waals surface area contributed by atoms with Crippen LogP contribution < -0.4 is 29.6 Å². The van der Waals surface area contributed by atoms with E-state index in [2.05, 4.69) is 15.6 Å². The first kappa shape index (κ1) is 33.7. The second kappa shape index (κ2) is 15.8. The van der Waals surface area contributed by atoms with Gasteiger partial charge in [0.25, 0.3) is 0 Å². The maximum Gasteiger partial charge on any atom is 0.242 e. The SMILES string of the molecule is COc1ccc2cc1OCCCN(C(=O)Cc1cc3c(cc1Cl)OCCO3)CC(=O)N[C@@H](Cc1ccccc1)C(=O)NCCn1ccnc1-2. The van der Waals surface area contributed by atoms with Crippen molar-refractivity contribution in [1.29, 1.82) is 0 Å². The van der Waals surface area contributed by atoms with Crippen LogP contribution in [0.15, 0.2) is 73.1 Å². The number of aromatic nitrogens is 2. The quantitative estimate of drug-likeness (QED) is 0.325. The number of benzene rings is 3. The minimum absolute atomic E-state index is 0.0694. The molecule has 6 rings (SSSR count). The van der Waals surface area contributed by atoms with Crippen LogP contribution in [-0.4, -0.2) is 84.8 Å². The Kier molecular flexibility index (Phi) is 10.8. The predicted octanol–water partition coefficient (Wildman–Crippen LogP) is 3.68. The molecule has 4 aromatic rings. The van der Waals surface area contributed by atoms with E-state index in [-0.39, 0.29) is 44.4 Å². The summed E-state index contributed by atoms with van der Waals surface area (Å²) in [7, 11) is 1.57. The summed E-state index contributed by atoms with van der Waals surface area (Å²) in [6, 6.07) is 17.5. The van der Waals surface area contributed by atoms with Gasteiger partial charge < -0.3 is 39.0 Å². The molecule has 1 aromatic heterocycles. The van der Waals surface area contributed by atoms with Gasteiger partial charge in [0.05, 0.1) is 26.7 Å². The smallest absolute Gasteiger partial charge is 0.242 e. The van der Waals surface area contributed by atoms with Gasteiger partial charge in [-0.25, -0.2) is 4.98 Å². The molecule has 12 nitrogen and oxygen atoms in total. The van der Waals surface area contributed by atoms with Gasteiger partial charge in [-0.15, -0.1) is 0 Å². The van der Waals surface area contributed by atoms with Crippen LogP contribution in [0.4, 0.5) is 0 Å². The third-order valence-electron chi connectivity index (χ3n) is 8.29. The number of hydrogen-bond acceptors (Lipinski definition) is 8. The van der Waals surface area contributed by atoms with Crippen LogP contribution in [0.5, 0.6) is 23.0 Å². The summed E-state index contributed by atoms with van der Waals surface area (Å²) in [6.07, 6.45) is 4.16. The highest BCUT2D eigenvalue weighted by Gasteiger charge is 2.26. The normalized spacial score (nSPS) is 17.0. The van der Waals surface area contributed by atoms with Crippen LogP contribution in [-0.2, 0) is 33.8 Å². The van der Waals surface area contributed by atoms with Crippen molar-refractivity contribution in [2.75, 3.05) is 46.6 Å². The van der Waals surface area contributed by atoms with Crippen molar-refractivity contribution in [2.24, 2.45) is 0 Å². The van der Waals surface area contributed by atoms with Gasteiger partial charge in [0.1, 0.15) is 25.1 Å². The van der Waals surface area contributed by atoms with Crippen LogP contribution in [0, 0.1) is 0 Å². The summed E-state index contributed by atoms with van der Waals surface area (Å²) in [5, 5.41) is 6.21. The summed E-state index contributed by atoms with van der Waals surface area (Å²) < 4.78 is 24.9. The number of ether oxygens (including phenoxy) is 4. The van der Waals surface area contributed by atoms with Gasteiger partial charge in [0.15, 0.2) is 23.0 Å².